The van der Waals surface area contributed by atoms with Crippen LogP contribution in [0.2, 0.25) is 0 Å². The van der Waals surface area contributed by atoms with Crippen molar-refractivity contribution < 1.29 is 18.7 Å². The van der Waals surface area contributed by atoms with Crippen molar-refractivity contribution in [1.82, 2.24) is 4.98 Å². The lowest BCUT2D eigenvalue weighted by Gasteiger charge is -2.03. The summed E-state index contributed by atoms with van der Waals surface area (Å²) in [5, 5.41) is 8.81. The van der Waals surface area contributed by atoms with Gasteiger partial charge in [-0.15, -0.1) is 11.8 Å². The maximum atomic E-state index is 13.2. The lowest BCUT2D eigenvalue weighted by Crippen LogP contribution is -2.00. The molecule has 4 nitrogen and oxygen atoms in total. The minimum Gasteiger partial charge on any atom is -0.478 e. The van der Waals surface area contributed by atoms with Crippen molar-refractivity contribution in [2.45, 2.75) is 17.6 Å². The highest BCUT2D eigenvalue weighted by Gasteiger charge is 2.11. The fraction of sp³-hybridized carbons (Fsp3) is 0.167. The van der Waals surface area contributed by atoms with E-state index in [-0.39, 0.29) is 5.56 Å². The first kappa shape index (κ1) is 12.6. The van der Waals surface area contributed by atoms with Crippen LogP contribution < -0.4 is 0 Å². The molecule has 0 aliphatic carbocycles. The molecule has 1 N–H and O–H groups in total. The van der Waals surface area contributed by atoms with Gasteiger partial charge in [-0.1, -0.05) is 0 Å². The predicted octanol–water partition coefficient (Wildman–Crippen LogP) is 3.11. The largest absolute Gasteiger partial charge is 0.478 e. The average Bonchev–Trinajstić information content (AvgIpc) is 2.73. The Morgan fingerprint density at radius 3 is 2.94 bits per heavy atom. The number of hydrogen-bond donors (Lipinski definition) is 1. The lowest BCUT2D eigenvalue weighted by molar-refractivity contribution is 0.0691. The smallest absolute Gasteiger partial charge is 0.338 e. The molecule has 0 saturated carbocycles. The molecule has 18 heavy (non-hydrogen) atoms. The van der Waals surface area contributed by atoms with E-state index in [1.807, 2.05) is 0 Å². The van der Waals surface area contributed by atoms with E-state index in [9.17, 15) is 9.18 Å². The summed E-state index contributed by atoms with van der Waals surface area (Å²) >= 11 is 1.38. The van der Waals surface area contributed by atoms with Gasteiger partial charge in [-0.05, 0) is 25.1 Å². The number of carboxylic acid groups (broad SMARTS) is 1. The molecule has 1 heterocycles. The zero-order chi connectivity index (χ0) is 13.1. The SMILES string of the molecule is Cc1ocnc1CSc1ccc(F)c(C(=O)O)c1. The van der Waals surface area contributed by atoms with Crippen molar-refractivity contribution in [3.05, 3.63) is 47.4 Å². The first-order valence-electron chi connectivity index (χ1n) is 5.12. The third kappa shape index (κ3) is 2.70. The minimum atomic E-state index is -1.27. The van der Waals surface area contributed by atoms with E-state index in [0.717, 1.165) is 17.5 Å². The second kappa shape index (κ2) is 5.22. The van der Waals surface area contributed by atoms with E-state index in [1.165, 1.54) is 24.2 Å². The highest BCUT2D eigenvalue weighted by atomic mass is 32.2. The Hall–Kier alpha value is -1.82. The number of carbonyl (C=O) groups is 1. The Bertz CT molecular complexity index is 582. The van der Waals surface area contributed by atoms with Gasteiger partial charge in [0.15, 0.2) is 6.39 Å². The topological polar surface area (TPSA) is 63.3 Å². The summed E-state index contributed by atoms with van der Waals surface area (Å²) in [7, 11) is 0. The van der Waals surface area contributed by atoms with Crippen LogP contribution in [0.1, 0.15) is 21.8 Å². The summed E-state index contributed by atoms with van der Waals surface area (Å²) in [4.78, 5) is 15.5. The fourth-order valence-electron chi connectivity index (χ4n) is 1.38. The standard InChI is InChI=1S/C12H10FNO3S/c1-7-11(14-6-17-7)5-18-8-2-3-10(13)9(4-8)12(15)16/h2-4,6H,5H2,1H3,(H,15,16). The van der Waals surface area contributed by atoms with Crippen molar-refractivity contribution in [3.63, 3.8) is 0 Å². The summed E-state index contributed by atoms with van der Waals surface area (Å²) < 4.78 is 18.2. The molecular weight excluding hydrogens is 257 g/mol. The molecule has 0 aliphatic heterocycles. The molecule has 94 valence electrons. The summed E-state index contributed by atoms with van der Waals surface area (Å²) in [6.07, 6.45) is 1.36. The maximum Gasteiger partial charge on any atom is 0.338 e. The predicted molar refractivity (Wildman–Crippen MR) is 64.2 cm³/mol. The lowest BCUT2D eigenvalue weighted by atomic mass is 10.2. The van der Waals surface area contributed by atoms with Crippen LogP contribution >= 0.6 is 11.8 Å². The van der Waals surface area contributed by atoms with Gasteiger partial charge in [-0.25, -0.2) is 14.2 Å². The number of aromatic nitrogens is 1. The number of halogens is 1. The number of thioether (sulfide) groups is 1. The molecule has 0 unspecified atom stereocenters. The van der Waals surface area contributed by atoms with Crippen molar-refractivity contribution in [2.75, 3.05) is 0 Å². The highest BCUT2D eigenvalue weighted by Crippen LogP contribution is 2.25. The molecule has 0 amide bonds. The molecule has 2 rings (SSSR count). The van der Waals surface area contributed by atoms with E-state index < -0.39 is 11.8 Å². The van der Waals surface area contributed by atoms with Crippen LogP contribution in [0.25, 0.3) is 0 Å². The molecule has 0 spiro atoms. The van der Waals surface area contributed by atoms with Gasteiger partial charge in [0.05, 0.1) is 11.3 Å². The number of hydrogen-bond acceptors (Lipinski definition) is 4. The van der Waals surface area contributed by atoms with Crippen molar-refractivity contribution >= 4 is 17.7 Å². The second-order valence-electron chi connectivity index (χ2n) is 3.59. The highest BCUT2D eigenvalue weighted by molar-refractivity contribution is 7.98. The Morgan fingerprint density at radius 1 is 1.56 bits per heavy atom. The van der Waals surface area contributed by atoms with E-state index in [0.29, 0.717) is 10.6 Å². The molecular formula is C12H10FNO3S. The van der Waals surface area contributed by atoms with Crippen molar-refractivity contribution in [3.8, 4) is 0 Å². The molecule has 0 bridgehead atoms. The Kier molecular flexibility index (Phi) is 3.66. The van der Waals surface area contributed by atoms with Gasteiger partial charge in [0.2, 0.25) is 0 Å². The van der Waals surface area contributed by atoms with Crippen molar-refractivity contribution in [1.29, 1.82) is 0 Å². The van der Waals surface area contributed by atoms with Gasteiger partial charge in [-0.2, -0.15) is 0 Å². The van der Waals surface area contributed by atoms with E-state index in [1.54, 1.807) is 13.0 Å². The summed E-state index contributed by atoms with van der Waals surface area (Å²) in [5.41, 5.74) is 0.470. The van der Waals surface area contributed by atoms with Crippen LogP contribution in [0.5, 0.6) is 0 Å². The molecule has 1 aromatic heterocycles. The molecule has 0 radical (unpaired) electrons. The molecule has 0 atom stereocenters. The Balaban J connectivity index is 2.13. The van der Waals surface area contributed by atoms with Crippen LogP contribution in [0.15, 0.2) is 33.9 Å². The summed E-state index contributed by atoms with van der Waals surface area (Å²) in [5.74, 6) is -0.729. The summed E-state index contributed by atoms with van der Waals surface area (Å²) in [6.45, 7) is 1.80. The fourth-order valence-corrected chi connectivity index (χ4v) is 2.32. The molecule has 0 saturated heterocycles. The molecule has 0 fully saturated rings. The number of oxazole rings is 1. The van der Waals surface area contributed by atoms with Crippen molar-refractivity contribution in [2.24, 2.45) is 0 Å². The quantitative estimate of drug-likeness (QED) is 0.862. The second-order valence-corrected chi connectivity index (χ2v) is 4.64. The van der Waals surface area contributed by atoms with Gasteiger partial charge in [0, 0.05) is 10.6 Å². The van der Waals surface area contributed by atoms with Gasteiger partial charge < -0.3 is 9.52 Å². The maximum absolute atomic E-state index is 13.2. The number of carboxylic acids is 1. The third-order valence-corrected chi connectivity index (χ3v) is 3.39. The summed E-state index contributed by atoms with van der Waals surface area (Å²) in [6, 6.07) is 4.01. The Labute approximate surface area is 107 Å². The molecule has 0 aliphatic rings. The van der Waals surface area contributed by atoms with Crippen LogP contribution in [0, 0.1) is 12.7 Å². The van der Waals surface area contributed by atoms with Crippen LogP contribution in [0.4, 0.5) is 4.39 Å². The number of aryl methyl sites for hydroxylation is 1. The first-order chi connectivity index (χ1) is 8.58. The zero-order valence-corrected chi connectivity index (χ0v) is 10.3. The van der Waals surface area contributed by atoms with Gasteiger partial charge in [0.1, 0.15) is 11.6 Å². The van der Waals surface area contributed by atoms with E-state index in [2.05, 4.69) is 4.98 Å². The van der Waals surface area contributed by atoms with E-state index in [4.69, 9.17) is 9.52 Å². The zero-order valence-electron chi connectivity index (χ0n) is 9.51. The monoisotopic (exact) mass is 267 g/mol. The van der Waals surface area contributed by atoms with Crippen LogP contribution in [0.3, 0.4) is 0 Å². The number of nitrogens with zero attached hydrogens (tertiary/aromatic N) is 1. The Morgan fingerprint density at radius 2 is 2.33 bits per heavy atom. The number of rotatable bonds is 4. The molecule has 6 heteroatoms. The van der Waals surface area contributed by atoms with Gasteiger partial charge >= 0.3 is 5.97 Å². The van der Waals surface area contributed by atoms with Gasteiger partial charge in [-0.3, -0.25) is 0 Å². The minimum absolute atomic E-state index is 0.322. The molecule has 1 aromatic carbocycles. The number of benzene rings is 1. The molecule has 2 aromatic rings. The normalized spacial score (nSPS) is 10.6. The number of aromatic carboxylic acids is 1. The van der Waals surface area contributed by atoms with E-state index >= 15 is 0 Å². The average molecular weight is 267 g/mol. The van der Waals surface area contributed by atoms with Gasteiger partial charge in [0.25, 0.3) is 0 Å². The van der Waals surface area contributed by atoms with Crippen LogP contribution in [-0.2, 0) is 5.75 Å². The first-order valence-corrected chi connectivity index (χ1v) is 6.11. The van der Waals surface area contributed by atoms with Crippen LogP contribution in [-0.4, -0.2) is 16.1 Å². The third-order valence-electron chi connectivity index (χ3n) is 2.39.